The smallest absolute Gasteiger partial charge is 0.335 e. The summed E-state index contributed by atoms with van der Waals surface area (Å²) in [6.07, 6.45) is -9.31. The number of phenolic OH excluding ortho intramolecular Hbond substituents is 1. The van der Waals surface area contributed by atoms with Gasteiger partial charge in [-0.1, -0.05) is 0 Å². The Labute approximate surface area is 128 Å². The van der Waals surface area contributed by atoms with E-state index in [0.717, 1.165) is 18.2 Å². The van der Waals surface area contributed by atoms with E-state index in [4.69, 9.17) is 14.6 Å². The lowest BCUT2D eigenvalue weighted by Gasteiger charge is -2.38. The zero-order valence-corrected chi connectivity index (χ0v) is 11.3. The number of phenols is 1. The Morgan fingerprint density at radius 3 is 2.43 bits per heavy atom. The van der Waals surface area contributed by atoms with Gasteiger partial charge < -0.3 is 35.0 Å². The highest BCUT2D eigenvalue weighted by molar-refractivity contribution is 5.73. The highest BCUT2D eigenvalue weighted by Gasteiger charge is 2.48. The number of aromatic hydroxyl groups is 1. The molecule has 1 aromatic carbocycles. The maximum atomic E-state index is 11.0. The summed E-state index contributed by atoms with van der Waals surface area (Å²) in [5, 5.41) is 58.1. The fraction of sp³-hybridized carbons (Fsp3) is 0.417. The summed E-state index contributed by atoms with van der Waals surface area (Å²) in [6.45, 7) is 0. The molecule has 0 aromatic heterocycles. The fourth-order valence-corrected chi connectivity index (χ4v) is 1.99. The van der Waals surface area contributed by atoms with E-state index >= 15 is 0 Å². The topological polar surface area (TPSA) is 180 Å². The molecule has 2 rings (SSSR count). The average Bonchev–Trinajstić information content (AvgIpc) is 2.49. The summed E-state index contributed by atoms with van der Waals surface area (Å²) in [5.74, 6) is -2.60. The molecule has 0 saturated carbocycles. The second kappa shape index (κ2) is 6.34. The molecule has 0 unspecified atom stereocenters. The van der Waals surface area contributed by atoms with E-state index in [1.807, 2.05) is 0 Å². The molecule has 0 amide bonds. The van der Waals surface area contributed by atoms with E-state index in [2.05, 4.69) is 0 Å². The molecule has 1 fully saturated rings. The third-order valence-corrected chi connectivity index (χ3v) is 3.21. The molecule has 0 bridgehead atoms. The number of carboxylic acids is 1. The number of benzene rings is 1. The molecule has 5 N–H and O–H groups in total. The van der Waals surface area contributed by atoms with E-state index in [1.165, 1.54) is 0 Å². The zero-order valence-electron chi connectivity index (χ0n) is 11.3. The van der Waals surface area contributed by atoms with Crippen molar-refractivity contribution in [1.82, 2.24) is 0 Å². The zero-order chi connectivity index (χ0) is 17.3. The molecule has 1 aliphatic rings. The number of rotatable bonds is 4. The predicted molar refractivity (Wildman–Crippen MR) is 69.7 cm³/mol. The Bertz CT molecular complexity index is 620. The van der Waals surface area contributed by atoms with Crippen LogP contribution in [0.5, 0.6) is 11.5 Å². The minimum absolute atomic E-state index is 0.432. The van der Waals surface area contributed by atoms with Gasteiger partial charge in [0, 0.05) is 6.07 Å². The minimum atomic E-state index is -1.90. The molecule has 0 spiro atoms. The highest BCUT2D eigenvalue weighted by atomic mass is 16.7. The van der Waals surface area contributed by atoms with Crippen LogP contribution < -0.4 is 4.74 Å². The Kier molecular flexibility index (Phi) is 4.65. The van der Waals surface area contributed by atoms with Crippen molar-refractivity contribution in [3.8, 4) is 11.5 Å². The normalized spacial score (nSPS) is 30.7. The monoisotopic (exact) mass is 331 g/mol. The van der Waals surface area contributed by atoms with Gasteiger partial charge in [-0.2, -0.15) is 0 Å². The van der Waals surface area contributed by atoms with Crippen molar-refractivity contribution in [2.75, 3.05) is 0 Å². The number of nitro groups is 1. The molecule has 1 heterocycles. The Balaban J connectivity index is 2.26. The maximum Gasteiger partial charge on any atom is 0.335 e. The van der Waals surface area contributed by atoms with Gasteiger partial charge in [0.05, 0.1) is 11.0 Å². The number of aliphatic hydroxyl groups excluding tert-OH is 3. The third-order valence-electron chi connectivity index (χ3n) is 3.21. The largest absolute Gasteiger partial charge is 0.504 e. The van der Waals surface area contributed by atoms with Crippen molar-refractivity contribution in [3.05, 3.63) is 28.3 Å². The molecule has 0 aliphatic carbocycles. The van der Waals surface area contributed by atoms with E-state index in [-0.39, 0.29) is 0 Å². The maximum absolute atomic E-state index is 11.0. The summed E-state index contributed by atoms with van der Waals surface area (Å²) >= 11 is 0. The van der Waals surface area contributed by atoms with Crippen molar-refractivity contribution >= 4 is 11.7 Å². The van der Waals surface area contributed by atoms with Gasteiger partial charge in [0.15, 0.2) is 17.6 Å². The van der Waals surface area contributed by atoms with Crippen molar-refractivity contribution in [3.63, 3.8) is 0 Å². The van der Waals surface area contributed by atoms with Crippen LogP contribution in [0.1, 0.15) is 0 Å². The SMILES string of the molecule is O=C(O)[C@H]1O[C@@H](Oc2cc([N+](=O)[O-])ccc2O)[C@H](O)[C@@H](O)[C@@H]1O. The van der Waals surface area contributed by atoms with E-state index in [9.17, 15) is 35.3 Å². The Hall–Kier alpha value is -2.47. The predicted octanol–water partition coefficient (Wildman–Crippen LogP) is -1.43. The number of aliphatic hydroxyl groups is 3. The quantitative estimate of drug-likeness (QED) is 0.324. The van der Waals surface area contributed by atoms with Gasteiger partial charge >= 0.3 is 5.97 Å². The highest BCUT2D eigenvalue weighted by Crippen LogP contribution is 2.33. The van der Waals surface area contributed by atoms with Crippen LogP contribution >= 0.6 is 0 Å². The van der Waals surface area contributed by atoms with Crippen molar-refractivity contribution in [2.45, 2.75) is 30.7 Å². The first-order chi connectivity index (χ1) is 10.7. The molecular weight excluding hydrogens is 318 g/mol. The van der Waals surface area contributed by atoms with Crippen LogP contribution in [0, 0.1) is 10.1 Å². The standard InChI is InChI=1S/C12H13NO10/c14-5-2-1-4(13(20)21)3-6(5)22-12-9(17)7(15)8(16)10(23-12)11(18)19/h1-3,7-10,12,14-17H,(H,18,19)/t7-,8-,9+,10-,12+/m0/s1. The van der Waals surface area contributed by atoms with Gasteiger partial charge in [0.2, 0.25) is 6.29 Å². The van der Waals surface area contributed by atoms with Crippen LogP contribution in [0.3, 0.4) is 0 Å². The van der Waals surface area contributed by atoms with Gasteiger partial charge in [0.25, 0.3) is 5.69 Å². The number of hydrogen-bond donors (Lipinski definition) is 5. The number of carboxylic acid groups (broad SMARTS) is 1. The molecule has 0 radical (unpaired) electrons. The van der Waals surface area contributed by atoms with E-state index in [1.54, 1.807) is 0 Å². The van der Waals surface area contributed by atoms with E-state index in [0.29, 0.717) is 0 Å². The third kappa shape index (κ3) is 3.32. The lowest BCUT2D eigenvalue weighted by Crippen LogP contribution is -2.61. The Morgan fingerprint density at radius 1 is 1.22 bits per heavy atom. The molecule has 11 nitrogen and oxygen atoms in total. The number of aliphatic carboxylic acids is 1. The number of hydrogen-bond acceptors (Lipinski definition) is 9. The van der Waals surface area contributed by atoms with Gasteiger partial charge in [-0.15, -0.1) is 0 Å². The van der Waals surface area contributed by atoms with Crippen LogP contribution in [-0.4, -0.2) is 67.1 Å². The minimum Gasteiger partial charge on any atom is -0.504 e. The molecule has 5 atom stereocenters. The summed E-state index contributed by atoms with van der Waals surface area (Å²) in [6, 6.07) is 2.79. The van der Waals surface area contributed by atoms with E-state index < -0.39 is 58.8 Å². The molecule has 23 heavy (non-hydrogen) atoms. The second-order valence-electron chi connectivity index (χ2n) is 4.76. The van der Waals surface area contributed by atoms with Crippen molar-refractivity contribution in [1.29, 1.82) is 0 Å². The molecule has 1 saturated heterocycles. The second-order valence-corrected chi connectivity index (χ2v) is 4.76. The summed E-state index contributed by atoms with van der Waals surface area (Å²) in [5.41, 5.74) is -0.432. The lowest BCUT2D eigenvalue weighted by atomic mass is 9.99. The Morgan fingerprint density at radius 2 is 1.87 bits per heavy atom. The van der Waals surface area contributed by atoms with Crippen LogP contribution in [-0.2, 0) is 9.53 Å². The van der Waals surface area contributed by atoms with Crippen LogP contribution in [0.25, 0.3) is 0 Å². The number of nitrogens with zero attached hydrogens (tertiary/aromatic N) is 1. The molecule has 1 aromatic rings. The van der Waals surface area contributed by atoms with Crippen LogP contribution in [0.15, 0.2) is 18.2 Å². The number of nitro benzene ring substituents is 1. The molecule has 1 aliphatic heterocycles. The van der Waals surface area contributed by atoms with Gasteiger partial charge in [-0.25, -0.2) is 4.79 Å². The summed E-state index contributed by atoms with van der Waals surface area (Å²) in [7, 11) is 0. The summed E-state index contributed by atoms with van der Waals surface area (Å²) in [4.78, 5) is 20.9. The molecule has 126 valence electrons. The molecular formula is C12H13NO10. The van der Waals surface area contributed by atoms with Gasteiger partial charge in [-0.3, -0.25) is 10.1 Å². The van der Waals surface area contributed by atoms with Gasteiger partial charge in [-0.05, 0) is 6.07 Å². The van der Waals surface area contributed by atoms with Crippen LogP contribution in [0.4, 0.5) is 5.69 Å². The summed E-state index contributed by atoms with van der Waals surface area (Å²) < 4.78 is 9.87. The first-order valence-corrected chi connectivity index (χ1v) is 6.29. The average molecular weight is 331 g/mol. The van der Waals surface area contributed by atoms with Crippen molar-refractivity contribution in [2.24, 2.45) is 0 Å². The lowest BCUT2D eigenvalue weighted by molar-refractivity contribution is -0.385. The first-order valence-electron chi connectivity index (χ1n) is 6.29. The fourth-order valence-electron chi connectivity index (χ4n) is 1.99. The number of carbonyl (C=O) groups is 1. The number of non-ortho nitro benzene ring substituents is 1. The van der Waals surface area contributed by atoms with Crippen molar-refractivity contribution < 1.29 is 44.7 Å². The number of ether oxygens (including phenoxy) is 2. The van der Waals surface area contributed by atoms with Crippen LogP contribution in [0.2, 0.25) is 0 Å². The van der Waals surface area contributed by atoms with Gasteiger partial charge in [0.1, 0.15) is 18.3 Å². The first kappa shape index (κ1) is 16.9. The molecule has 11 heteroatoms.